The molecule has 2 N–H and O–H groups in total. The van der Waals surface area contributed by atoms with Crippen LogP contribution in [0.2, 0.25) is 10.0 Å². The number of carbonyl (C=O) groups is 1. The maximum Gasteiger partial charge on any atom is 0.420 e. The van der Waals surface area contributed by atoms with Crippen LogP contribution in [-0.2, 0) is 4.74 Å². The Kier molecular flexibility index (Phi) is 4.97. The van der Waals surface area contributed by atoms with Crippen molar-refractivity contribution in [3.63, 3.8) is 0 Å². The molecular formula is C19H19Cl2N3O3. The fraction of sp³-hybridized carbons (Fsp3) is 0.263. The predicted molar refractivity (Wildman–Crippen MR) is 107 cm³/mol. The second-order valence-corrected chi connectivity index (χ2v) is 7.93. The lowest BCUT2D eigenvalue weighted by Crippen LogP contribution is -2.26. The zero-order chi connectivity index (χ0) is 19.9. The van der Waals surface area contributed by atoms with E-state index in [1.54, 1.807) is 24.4 Å². The summed E-state index contributed by atoms with van der Waals surface area (Å²) in [4.78, 5) is 16.8. The molecule has 3 aromatic rings. The lowest BCUT2D eigenvalue weighted by atomic mass is 10.2. The van der Waals surface area contributed by atoms with Crippen LogP contribution in [0.3, 0.4) is 0 Å². The van der Waals surface area contributed by atoms with Crippen molar-refractivity contribution in [1.82, 2.24) is 9.55 Å². The van der Waals surface area contributed by atoms with Crippen molar-refractivity contribution in [1.29, 1.82) is 0 Å². The van der Waals surface area contributed by atoms with Gasteiger partial charge in [0.1, 0.15) is 17.0 Å². The molecule has 2 aromatic heterocycles. The van der Waals surface area contributed by atoms with Crippen LogP contribution < -0.4 is 10.5 Å². The number of aryl methyl sites for hydroxylation is 1. The highest BCUT2D eigenvalue weighted by atomic mass is 35.5. The summed E-state index contributed by atoms with van der Waals surface area (Å²) < 4.78 is 12.6. The van der Waals surface area contributed by atoms with Crippen molar-refractivity contribution >= 4 is 46.0 Å². The number of ether oxygens (including phenoxy) is 2. The molecule has 0 fully saturated rings. The van der Waals surface area contributed by atoms with Gasteiger partial charge < -0.3 is 15.2 Å². The van der Waals surface area contributed by atoms with Crippen molar-refractivity contribution in [3.8, 4) is 11.5 Å². The van der Waals surface area contributed by atoms with Crippen LogP contribution in [-0.4, -0.2) is 21.2 Å². The van der Waals surface area contributed by atoms with Crippen molar-refractivity contribution in [3.05, 3.63) is 46.2 Å². The van der Waals surface area contributed by atoms with Gasteiger partial charge in [-0.05, 0) is 51.5 Å². The number of nitrogens with zero attached hydrogens (tertiary/aromatic N) is 2. The molecule has 0 aliphatic heterocycles. The van der Waals surface area contributed by atoms with Gasteiger partial charge in [0.2, 0.25) is 0 Å². The fourth-order valence-electron chi connectivity index (χ4n) is 2.55. The molecule has 0 radical (unpaired) electrons. The maximum atomic E-state index is 12.4. The first-order chi connectivity index (χ1) is 12.5. The number of hydrogen-bond donors (Lipinski definition) is 1. The molecule has 1 aromatic carbocycles. The second-order valence-electron chi connectivity index (χ2n) is 7.12. The Morgan fingerprint density at radius 3 is 2.41 bits per heavy atom. The van der Waals surface area contributed by atoms with E-state index in [4.69, 9.17) is 38.4 Å². The fourth-order valence-corrected chi connectivity index (χ4v) is 3.13. The summed E-state index contributed by atoms with van der Waals surface area (Å²) in [6.07, 6.45) is 2.68. The van der Waals surface area contributed by atoms with E-state index in [2.05, 4.69) is 4.98 Å². The number of pyridine rings is 1. The number of hydrogen-bond acceptors (Lipinski definition) is 5. The molecule has 0 spiro atoms. The molecule has 0 saturated heterocycles. The minimum absolute atomic E-state index is 0.290. The molecule has 0 unspecified atom stereocenters. The van der Waals surface area contributed by atoms with E-state index < -0.39 is 11.7 Å². The quantitative estimate of drug-likeness (QED) is 0.542. The number of benzene rings is 1. The van der Waals surface area contributed by atoms with Gasteiger partial charge >= 0.3 is 6.09 Å². The van der Waals surface area contributed by atoms with Gasteiger partial charge in [-0.3, -0.25) is 0 Å². The maximum absolute atomic E-state index is 12.4. The Labute approximate surface area is 166 Å². The Bertz CT molecular complexity index is 1020. The van der Waals surface area contributed by atoms with Gasteiger partial charge in [0, 0.05) is 17.3 Å². The monoisotopic (exact) mass is 407 g/mol. The minimum Gasteiger partial charge on any atom is -0.453 e. The molecule has 0 aliphatic carbocycles. The number of rotatable bonds is 2. The molecule has 142 valence electrons. The molecule has 3 rings (SSSR count). The first-order valence-corrected chi connectivity index (χ1v) is 8.94. The standard InChI is InChI=1S/C19H19Cl2N3O3/c1-10-9-24(18(25)27-19(2,3)4)17-13(10)7-12(8-23-17)26-16-14(20)5-11(22)6-15(16)21/h5-9H,22H2,1-4H3. The third-order valence-corrected chi connectivity index (χ3v) is 4.21. The van der Waals surface area contributed by atoms with E-state index in [9.17, 15) is 4.79 Å². The Morgan fingerprint density at radius 1 is 1.19 bits per heavy atom. The summed E-state index contributed by atoms with van der Waals surface area (Å²) in [6, 6.07) is 4.87. The molecule has 0 saturated carbocycles. The summed E-state index contributed by atoms with van der Waals surface area (Å²) in [5, 5.41) is 1.34. The molecule has 6 nitrogen and oxygen atoms in total. The Balaban J connectivity index is 1.98. The number of halogens is 2. The molecule has 0 amide bonds. The lowest BCUT2D eigenvalue weighted by molar-refractivity contribution is 0.0543. The number of aromatic nitrogens is 2. The highest BCUT2D eigenvalue weighted by molar-refractivity contribution is 6.37. The van der Waals surface area contributed by atoms with Crippen LogP contribution in [0.15, 0.2) is 30.6 Å². The minimum atomic E-state index is -0.604. The van der Waals surface area contributed by atoms with Crippen LogP contribution in [0.4, 0.5) is 10.5 Å². The average Bonchev–Trinajstić information content (AvgIpc) is 2.86. The Morgan fingerprint density at radius 2 is 1.81 bits per heavy atom. The van der Waals surface area contributed by atoms with Crippen molar-refractivity contribution in [2.45, 2.75) is 33.3 Å². The molecule has 0 atom stereocenters. The van der Waals surface area contributed by atoms with Gasteiger partial charge in [0.05, 0.1) is 16.2 Å². The van der Waals surface area contributed by atoms with Gasteiger partial charge in [-0.25, -0.2) is 14.3 Å². The smallest absolute Gasteiger partial charge is 0.420 e. The first kappa shape index (κ1) is 19.3. The van der Waals surface area contributed by atoms with Gasteiger partial charge in [0.25, 0.3) is 0 Å². The highest BCUT2D eigenvalue weighted by Crippen LogP contribution is 2.38. The first-order valence-electron chi connectivity index (χ1n) is 8.18. The lowest BCUT2D eigenvalue weighted by Gasteiger charge is -2.19. The molecular weight excluding hydrogens is 389 g/mol. The number of carbonyl (C=O) groups excluding carboxylic acids is 1. The number of fused-ring (bicyclic) bond motifs is 1. The van der Waals surface area contributed by atoms with Gasteiger partial charge in [-0.2, -0.15) is 0 Å². The zero-order valence-corrected chi connectivity index (χ0v) is 16.9. The van der Waals surface area contributed by atoms with E-state index in [1.807, 2.05) is 27.7 Å². The van der Waals surface area contributed by atoms with Crippen LogP contribution in [0, 0.1) is 6.92 Å². The zero-order valence-electron chi connectivity index (χ0n) is 15.3. The molecule has 2 heterocycles. The number of anilines is 1. The van der Waals surface area contributed by atoms with Crippen LogP contribution in [0.5, 0.6) is 11.5 Å². The predicted octanol–water partition coefficient (Wildman–Crippen LogP) is 5.81. The van der Waals surface area contributed by atoms with Crippen molar-refractivity contribution < 1.29 is 14.3 Å². The van der Waals surface area contributed by atoms with Crippen LogP contribution in [0.25, 0.3) is 11.0 Å². The summed E-state index contributed by atoms with van der Waals surface area (Å²) in [5.41, 5.74) is 6.87. The number of nitrogen functional groups attached to an aromatic ring is 1. The number of nitrogens with two attached hydrogens (primary N) is 1. The van der Waals surface area contributed by atoms with Crippen LogP contribution in [0.1, 0.15) is 26.3 Å². The second kappa shape index (κ2) is 6.94. The average molecular weight is 408 g/mol. The topological polar surface area (TPSA) is 79.4 Å². The summed E-state index contributed by atoms with van der Waals surface area (Å²) in [5.74, 6) is 0.721. The largest absolute Gasteiger partial charge is 0.453 e. The van der Waals surface area contributed by atoms with Gasteiger partial charge in [-0.15, -0.1) is 0 Å². The van der Waals surface area contributed by atoms with E-state index in [0.717, 1.165) is 10.9 Å². The third-order valence-electron chi connectivity index (χ3n) is 3.65. The molecule has 8 heteroatoms. The highest BCUT2D eigenvalue weighted by Gasteiger charge is 2.21. The summed E-state index contributed by atoms with van der Waals surface area (Å²) in [7, 11) is 0. The SMILES string of the molecule is Cc1cn(C(=O)OC(C)(C)C)c2ncc(Oc3c(Cl)cc(N)cc3Cl)cc12. The van der Waals surface area contributed by atoms with E-state index in [-0.39, 0.29) is 5.75 Å². The van der Waals surface area contributed by atoms with Crippen LogP contribution >= 0.6 is 23.2 Å². The van der Waals surface area contributed by atoms with Crippen molar-refractivity contribution in [2.75, 3.05) is 5.73 Å². The van der Waals surface area contributed by atoms with E-state index in [1.165, 1.54) is 10.8 Å². The molecule has 27 heavy (non-hydrogen) atoms. The van der Waals surface area contributed by atoms with Crippen molar-refractivity contribution in [2.24, 2.45) is 0 Å². The van der Waals surface area contributed by atoms with Gasteiger partial charge in [0.15, 0.2) is 5.75 Å². The van der Waals surface area contributed by atoms with E-state index >= 15 is 0 Å². The van der Waals surface area contributed by atoms with Gasteiger partial charge in [-0.1, -0.05) is 23.2 Å². The third kappa shape index (κ3) is 4.12. The molecule has 0 bridgehead atoms. The molecule has 0 aliphatic rings. The summed E-state index contributed by atoms with van der Waals surface area (Å²) in [6.45, 7) is 7.30. The van der Waals surface area contributed by atoms with E-state index in [0.29, 0.717) is 27.1 Å². The Hall–Kier alpha value is -2.44. The summed E-state index contributed by atoms with van der Waals surface area (Å²) >= 11 is 12.3. The normalized spacial score (nSPS) is 11.6.